The van der Waals surface area contributed by atoms with Crippen LogP contribution in [0.5, 0.6) is 34.5 Å². The zero-order valence-electron chi connectivity index (χ0n) is 21.7. The topological polar surface area (TPSA) is 182 Å². The van der Waals surface area contributed by atoms with E-state index < -0.39 is 81.3 Å². The number of carbonyl (C=O) groups excluding carboxylic acids is 1. The Kier molecular flexibility index (Phi) is 6.44. The average molecular weight is 591 g/mol. The first-order chi connectivity index (χ1) is 18.6. The Balaban J connectivity index is 1.82. The second-order valence-corrected chi connectivity index (χ2v) is 15.3. The number of phenols is 6. The zero-order valence-corrected chi connectivity index (χ0v) is 23.4. The number of fused-ring (bicyclic) bond motifs is 2. The number of carbonyl (C=O) groups is 1. The Bertz CT molecular complexity index is 1510. The van der Waals surface area contributed by atoms with E-state index in [2.05, 4.69) is 0 Å². The van der Waals surface area contributed by atoms with E-state index in [1.54, 1.807) is 6.07 Å². The summed E-state index contributed by atoms with van der Waals surface area (Å²) in [6.45, 7) is 3.72. The molecule has 0 spiro atoms. The minimum Gasteiger partial charge on any atom is -0.508 e. The second kappa shape index (κ2) is 9.22. The molecule has 0 radical (unpaired) electrons. The highest BCUT2D eigenvalue weighted by atomic mass is 32.3. The molecule has 0 amide bonds. The Morgan fingerprint density at radius 3 is 1.70 bits per heavy atom. The van der Waals surface area contributed by atoms with Crippen LogP contribution in [-0.2, 0) is 18.5 Å². The first-order valence-corrected chi connectivity index (χ1v) is 15.6. The molecular formula is C28H30O10S2. The second-order valence-electron chi connectivity index (χ2n) is 10.9. The summed E-state index contributed by atoms with van der Waals surface area (Å²) in [6.07, 6.45) is 1.26. The maximum absolute atomic E-state index is 14.1. The molecule has 2 unspecified atom stereocenters. The molecule has 2 bridgehead atoms. The van der Waals surface area contributed by atoms with E-state index in [-0.39, 0.29) is 23.0 Å². The smallest absolute Gasteiger partial charge is 0.278 e. The molecule has 5 rings (SSSR count). The number of Topliss-reactive ketones (excluding diaryl/α,β-unsaturated/α-hetero) is 1. The number of phenolic OH excluding ortho intramolecular Hbond substituents is 6. The Labute approximate surface area is 232 Å². The van der Waals surface area contributed by atoms with Crippen LogP contribution < -0.4 is 0 Å². The van der Waals surface area contributed by atoms with Gasteiger partial charge in [-0.15, -0.1) is 0 Å². The highest BCUT2D eigenvalue weighted by Gasteiger charge is 2.66. The number of hydrogen-bond acceptors (Lipinski definition) is 10. The summed E-state index contributed by atoms with van der Waals surface area (Å²) >= 11 is 0. The van der Waals surface area contributed by atoms with E-state index in [1.165, 1.54) is 24.3 Å². The molecule has 3 aromatic rings. The minimum atomic E-state index is -4.76. The van der Waals surface area contributed by atoms with Crippen LogP contribution in [0.2, 0.25) is 0 Å². The van der Waals surface area contributed by atoms with Gasteiger partial charge in [-0.3, -0.25) is 4.79 Å². The van der Waals surface area contributed by atoms with Crippen LogP contribution in [0.1, 0.15) is 33.1 Å². The standard InChI is InChI=1S/C28H30O10S2/c1-27(2)16-8-9-28(27,24(35)10-16)15-39(36,37)38-40(19-6-4-3-5-7-19,25-20(31)11-17(29)12-21(25)32)26-22(33)13-18(30)14-23(26)34/h3-7,11-14,16,29-34H,8-10,15H2,1-2H3. The Morgan fingerprint density at radius 2 is 1.30 bits per heavy atom. The lowest BCUT2D eigenvalue weighted by Gasteiger charge is -2.42. The summed E-state index contributed by atoms with van der Waals surface area (Å²) in [5, 5.41) is 64.2. The molecule has 0 heterocycles. The minimum absolute atomic E-state index is 0.0109. The van der Waals surface area contributed by atoms with Crippen molar-refractivity contribution in [2.45, 2.75) is 47.8 Å². The summed E-state index contributed by atoms with van der Waals surface area (Å²) in [6, 6.07) is 10.9. The average Bonchev–Trinajstić information content (AvgIpc) is 3.17. The Hall–Kier alpha value is -3.61. The molecular weight excluding hydrogens is 560 g/mol. The van der Waals surface area contributed by atoms with Gasteiger partial charge in [-0.1, -0.05) is 32.0 Å². The van der Waals surface area contributed by atoms with Crippen molar-refractivity contribution in [3.05, 3.63) is 54.6 Å². The summed E-state index contributed by atoms with van der Waals surface area (Å²) in [5.74, 6) is -5.10. The van der Waals surface area contributed by atoms with E-state index >= 15 is 0 Å². The summed E-state index contributed by atoms with van der Waals surface area (Å²) in [4.78, 5) is 12.2. The van der Waals surface area contributed by atoms with Crippen molar-refractivity contribution < 1.29 is 47.5 Å². The van der Waals surface area contributed by atoms with Crippen LogP contribution in [0.4, 0.5) is 0 Å². The van der Waals surface area contributed by atoms with Gasteiger partial charge in [-0.25, -0.2) is 3.63 Å². The predicted molar refractivity (Wildman–Crippen MR) is 145 cm³/mol. The molecule has 6 N–H and O–H groups in total. The predicted octanol–water partition coefficient (Wildman–Crippen LogP) is 4.86. The molecule has 2 fully saturated rings. The van der Waals surface area contributed by atoms with Crippen molar-refractivity contribution in [1.29, 1.82) is 0 Å². The van der Waals surface area contributed by atoms with Gasteiger partial charge in [0.15, 0.2) is 0 Å². The lowest BCUT2D eigenvalue weighted by Crippen LogP contribution is -2.42. The number of hydrogen-bond donors (Lipinski definition) is 6. The highest BCUT2D eigenvalue weighted by Crippen LogP contribution is 2.78. The largest absolute Gasteiger partial charge is 0.508 e. The lowest BCUT2D eigenvalue weighted by molar-refractivity contribution is -0.128. The number of ketones is 1. The van der Waals surface area contributed by atoms with E-state index in [1.807, 2.05) is 13.8 Å². The van der Waals surface area contributed by atoms with Gasteiger partial charge in [0, 0.05) is 35.6 Å². The lowest BCUT2D eigenvalue weighted by atomic mass is 9.70. The van der Waals surface area contributed by atoms with Gasteiger partial charge in [-0.05, 0) is 46.6 Å². The van der Waals surface area contributed by atoms with Crippen LogP contribution in [0.25, 0.3) is 0 Å². The van der Waals surface area contributed by atoms with Crippen LogP contribution in [0.15, 0.2) is 69.3 Å². The SMILES string of the molecule is CC1(C)C2CCC1(CS(=O)(=O)OS(c1ccccc1)(c1c(O)cc(O)cc1O)c1c(O)cc(O)cc1O)C(=O)C2. The maximum Gasteiger partial charge on any atom is 0.278 e. The normalized spacial score (nSPS) is 22.4. The zero-order chi connectivity index (χ0) is 29.3. The van der Waals surface area contributed by atoms with Crippen LogP contribution in [0.3, 0.4) is 0 Å². The van der Waals surface area contributed by atoms with E-state index in [4.69, 9.17) is 3.63 Å². The van der Waals surface area contributed by atoms with Crippen molar-refractivity contribution in [1.82, 2.24) is 0 Å². The molecule has 10 nitrogen and oxygen atoms in total. The van der Waals surface area contributed by atoms with Gasteiger partial charge in [-0.2, -0.15) is 8.42 Å². The molecule has 2 atom stereocenters. The van der Waals surface area contributed by atoms with E-state index in [9.17, 15) is 43.9 Å². The molecule has 0 aromatic heterocycles. The fourth-order valence-corrected chi connectivity index (χ4v) is 12.6. The quantitative estimate of drug-likeness (QED) is 0.222. The van der Waals surface area contributed by atoms with Crippen LogP contribution in [-0.4, -0.2) is 50.6 Å². The molecule has 40 heavy (non-hydrogen) atoms. The number of rotatable bonds is 7. The third kappa shape index (κ3) is 4.04. The third-order valence-corrected chi connectivity index (χ3v) is 13.9. The fourth-order valence-electron chi connectivity index (χ4n) is 6.40. The molecule has 2 aliphatic rings. The maximum atomic E-state index is 14.1. The molecule has 3 aromatic carbocycles. The van der Waals surface area contributed by atoms with Gasteiger partial charge < -0.3 is 30.6 Å². The molecule has 0 aliphatic heterocycles. The Morgan fingerprint density at radius 1 is 0.825 bits per heavy atom. The van der Waals surface area contributed by atoms with Gasteiger partial charge in [0.05, 0.1) is 11.2 Å². The molecule has 2 saturated carbocycles. The van der Waals surface area contributed by atoms with Crippen LogP contribution in [0, 0.1) is 16.7 Å². The van der Waals surface area contributed by atoms with Gasteiger partial charge in [0.25, 0.3) is 10.1 Å². The molecule has 12 heteroatoms. The van der Waals surface area contributed by atoms with E-state index in [0.717, 1.165) is 24.3 Å². The monoisotopic (exact) mass is 590 g/mol. The molecule has 2 aliphatic carbocycles. The fraction of sp³-hybridized carbons (Fsp3) is 0.321. The summed E-state index contributed by atoms with van der Waals surface area (Å²) in [5.41, 5.74) is -1.88. The van der Waals surface area contributed by atoms with Crippen molar-refractivity contribution in [2.24, 2.45) is 16.7 Å². The molecule has 214 valence electrons. The van der Waals surface area contributed by atoms with Gasteiger partial charge >= 0.3 is 0 Å². The number of aromatic hydroxyl groups is 6. The van der Waals surface area contributed by atoms with Gasteiger partial charge in [0.2, 0.25) is 0 Å². The molecule has 0 saturated heterocycles. The van der Waals surface area contributed by atoms with Crippen molar-refractivity contribution in [3.8, 4) is 34.5 Å². The highest BCUT2D eigenvalue weighted by molar-refractivity contribution is 8.33. The number of benzene rings is 3. The first kappa shape index (κ1) is 27.9. The first-order valence-electron chi connectivity index (χ1n) is 12.5. The summed E-state index contributed by atoms with van der Waals surface area (Å²) < 4.78 is 34.3. The van der Waals surface area contributed by atoms with Crippen molar-refractivity contribution in [2.75, 3.05) is 5.75 Å². The van der Waals surface area contributed by atoms with Crippen LogP contribution >= 0.6 is 10.3 Å². The van der Waals surface area contributed by atoms with Crippen molar-refractivity contribution in [3.63, 3.8) is 0 Å². The van der Waals surface area contributed by atoms with Crippen molar-refractivity contribution >= 4 is 26.2 Å². The van der Waals surface area contributed by atoms with E-state index in [0.29, 0.717) is 12.8 Å². The third-order valence-electron chi connectivity index (χ3n) is 8.49. The summed E-state index contributed by atoms with van der Waals surface area (Å²) in [7, 11) is -8.74. The van der Waals surface area contributed by atoms with Gasteiger partial charge in [0.1, 0.15) is 50.1 Å².